The van der Waals surface area contributed by atoms with Crippen molar-refractivity contribution >= 4 is 22.9 Å². The molecule has 1 fully saturated rings. The van der Waals surface area contributed by atoms with Crippen molar-refractivity contribution in [3.63, 3.8) is 0 Å². The second kappa shape index (κ2) is 9.15. The third-order valence-electron chi connectivity index (χ3n) is 5.64. The number of nitrogens with one attached hydrogen (secondary N) is 1. The number of nitrogens with zero attached hydrogens (tertiary/aromatic N) is 7. The van der Waals surface area contributed by atoms with Crippen LogP contribution in [0.25, 0.3) is 22.6 Å². The molecular formula is C22H30N8O2. The van der Waals surface area contributed by atoms with Gasteiger partial charge in [0.2, 0.25) is 5.91 Å². The summed E-state index contributed by atoms with van der Waals surface area (Å²) < 4.78 is 7.78. The molecule has 170 valence electrons. The van der Waals surface area contributed by atoms with Crippen LogP contribution in [0, 0.1) is 6.92 Å². The number of aromatic nitrogens is 6. The second-order valence-corrected chi connectivity index (χ2v) is 8.20. The number of anilines is 1. The standard InChI is InChI=1S/C22H30N8O2/c1-6-17(22(31)29-10-13(3)32-14(4)11-29)27-19-18-21(26-12-25-19)30(7-2)20(28-18)16-8-23-15(5)24-9-16/h8-9,12-14,17H,6-7,10-11H2,1-5H3,(H,25,26,27)/t13-,14-,17-/m1/s1. The molecule has 1 amide bonds. The SMILES string of the molecule is CC[C@@H](Nc1ncnc2c1nc(-c1cnc(C)nc1)n2CC)C(=O)N1C[C@@H](C)O[C@H](C)C1. The van der Waals surface area contributed by atoms with Gasteiger partial charge in [-0.2, -0.15) is 0 Å². The first-order chi connectivity index (χ1) is 15.4. The quantitative estimate of drug-likeness (QED) is 0.625. The highest BCUT2D eigenvalue weighted by Gasteiger charge is 2.30. The highest BCUT2D eigenvalue weighted by molar-refractivity contribution is 5.90. The van der Waals surface area contributed by atoms with Crippen LogP contribution in [0.5, 0.6) is 0 Å². The summed E-state index contributed by atoms with van der Waals surface area (Å²) in [5.74, 6) is 2.02. The molecule has 1 saturated heterocycles. The zero-order valence-corrected chi connectivity index (χ0v) is 19.2. The fourth-order valence-electron chi connectivity index (χ4n) is 4.15. The number of ether oxygens (including phenoxy) is 1. The first-order valence-corrected chi connectivity index (χ1v) is 11.1. The zero-order valence-electron chi connectivity index (χ0n) is 19.2. The van der Waals surface area contributed by atoms with Gasteiger partial charge in [-0.1, -0.05) is 6.92 Å². The monoisotopic (exact) mass is 438 g/mol. The Morgan fingerprint density at radius 2 is 1.84 bits per heavy atom. The Kier molecular flexibility index (Phi) is 6.31. The van der Waals surface area contributed by atoms with Gasteiger partial charge >= 0.3 is 0 Å². The number of imidazole rings is 1. The molecule has 0 saturated carbocycles. The average Bonchev–Trinajstić information content (AvgIpc) is 3.16. The van der Waals surface area contributed by atoms with Crippen LogP contribution in [0.15, 0.2) is 18.7 Å². The molecule has 1 aliphatic heterocycles. The van der Waals surface area contributed by atoms with Gasteiger partial charge in [0, 0.05) is 32.0 Å². The summed E-state index contributed by atoms with van der Waals surface area (Å²) in [6.45, 7) is 11.7. The molecule has 0 aliphatic carbocycles. The van der Waals surface area contributed by atoms with E-state index in [1.165, 1.54) is 6.33 Å². The van der Waals surface area contributed by atoms with Gasteiger partial charge in [-0.3, -0.25) is 4.79 Å². The summed E-state index contributed by atoms with van der Waals surface area (Å²) in [5, 5.41) is 3.33. The van der Waals surface area contributed by atoms with Gasteiger partial charge in [0.15, 0.2) is 17.0 Å². The molecule has 10 heteroatoms. The van der Waals surface area contributed by atoms with E-state index in [9.17, 15) is 4.79 Å². The Hall–Kier alpha value is -3.14. The first-order valence-electron chi connectivity index (χ1n) is 11.1. The minimum atomic E-state index is -0.413. The second-order valence-electron chi connectivity index (χ2n) is 8.20. The van der Waals surface area contributed by atoms with Crippen molar-refractivity contribution in [1.29, 1.82) is 0 Å². The maximum absolute atomic E-state index is 13.3. The third kappa shape index (κ3) is 4.27. The van der Waals surface area contributed by atoms with Gasteiger partial charge in [0.05, 0.1) is 17.8 Å². The van der Waals surface area contributed by atoms with Crippen molar-refractivity contribution in [3.05, 3.63) is 24.5 Å². The predicted octanol–water partition coefficient (Wildman–Crippen LogP) is 2.44. The Bertz CT molecular complexity index is 1090. The highest BCUT2D eigenvalue weighted by atomic mass is 16.5. The normalized spacial score (nSPS) is 19.8. The maximum Gasteiger partial charge on any atom is 0.245 e. The number of hydrogen-bond acceptors (Lipinski definition) is 8. The van der Waals surface area contributed by atoms with Crippen molar-refractivity contribution in [2.75, 3.05) is 18.4 Å². The lowest BCUT2D eigenvalue weighted by atomic mass is 10.1. The fraction of sp³-hybridized carbons (Fsp3) is 0.545. The van der Waals surface area contributed by atoms with E-state index in [2.05, 4.69) is 25.3 Å². The first kappa shape index (κ1) is 22.1. The number of morpholine rings is 1. The van der Waals surface area contributed by atoms with E-state index in [1.54, 1.807) is 12.4 Å². The molecular weight excluding hydrogens is 408 g/mol. The topological polar surface area (TPSA) is 111 Å². The van der Waals surface area contributed by atoms with Gasteiger partial charge in [-0.15, -0.1) is 0 Å². The minimum Gasteiger partial charge on any atom is -0.372 e. The van der Waals surface area contributed by atoms with Gasteiger partial charge < -0.3 is 19.5 Å². The van der Waals surface area contributed by atoms with Crippen molar-refractivity contribution in [1.82, 2.24) is 34.4 Å². The fourth-order valence-corrected chi connectivity index (χ4v) is 4.15. The predicted molar refractivity (Wildman–Crippen MR) is 121 cm³/mol. The minimum absolute atomic E-state index is 0.0190. The average molecular weight is 439 g/mol. The van der Waals surface area contributed by atoms with E-state index < -0.39 is 6.04 Å². The van der Waals surface area contributed by atoms with Gasteiger partial charge in [0.1, 0.15) is 24.0 Å². The van der Waals surface area contributed by atoms with Crippen LogP contribution in [-0.4, -0.2) is 71.6 Å². The number of rotatable bonds is 6. The van der Waals surface area contributed by atoms with E-state index >= 15 is 0 Å². The lowest BCUT2D eigenvalue weighted by molar-refractivity contribution is -0.144. The molecule has 1 N–H and O–H groups in total. The zero-order chi connectivity index (χ0) is 22.8. The molecule has 0 unspecified atom stereocenters. The maximum atomic E-state index is 13.3. The molecule has 1 aliphatic rings. The number of hydrogen-bond donors (Lipinski definition) is 1. The summed E-state index contributed by atoms with van der Waals surface area (Å²) in [6.07, 6.45) is 5.68. The van der Waals surface area contributed by atoms with Crippen LogP contribution in [0.1, 0.15) is 39.9 Å². The molecule has 10 nitrogen and oxygen atoms in total. The lowest BCUT2D eigenvalue weighted by Gasteiger charge is -2.37. The summed E-state index contributed by atoms with van der Waals surface area (Å²) in [6, 6.07) is -0.413. The molecule has 4 heterocycles. The van der Waals surface area contributed by atoms with Gasteiger partial charge in [-0.05, 0) is 34.1 Å². The number of aryl methyl sites for hydroxylation is 2. The van der Waals surface area contributed by atoms with E-state index in [-0.39, 0.29) is 18.1 Å². The van der Waals surface area contributed by atoms with Crippen LogP contribution < -0.4 is 5.32 Å². The van der Waals surface area contributed by atoms with Crippen LogP contribution in [0.2, 0.25) is 0 Å². The molecule has 0 aromatic carbocycles. The number of carbonyl (C=O) groups is 1. The molecule has 0 bridgehead atoms. The third-order valence-corrected chi connectivity index (χ3v) is 5.64. The molecule has 0 radical (unpaired) electrons. The molecule has 4 rings (SSSR count). The van der Waals surface area contributed by atoms with E-state index in [4.69, 9.17) is 9.72 Å². The summed E-state index contributed by atoms with van der Waals surface area (Å²) in [7, 11) is 0. The summed E-state index contributed by atoms with van der Waals surface area (Å²) >= 11 is 0. The van der Waals surface area contributed by atoms with Gasteiger partial charge in [0.25, 0.3) is 0 Å². The van der Waals surface area contributed by atoms with E-state index in [1.807, 2.05) is 44.1 Å². The molecule has 3 atom stereocenters. The smallest absolute Gasteiger partial charge is 0.245 e. The van der Waals surface area contributed by atoms with E-state index in [0.29, 0.717) is 48.9 Å². The van der Waals surface area contributed by atoms with Crippen molar-refractivity contribution in [2.24, 2.45) is 0 Å². The molecule has 0 spiro atoms. The van der Waals surface area contributed by atoms with Crippen molar-refractivity contribution < 1.29 is 9.53 Å². The summed E-state index contributed by atoms with van der Waals surface area (Å²) in [4.78, 5) is 37.4. The molecule has 3 aromatic rings. The Balaban J connectivity index is 1.66. The number of carbonyl (C=O) groups excluding carboxylic acids is 1. The number of fused-ring (bicyclic) bond motifs is 1. The van der Waals surface area contributed by atoms with Crippen LogP contribution in [0.3, 0.4) is 0 Å². The largest absolute Gasteiger partial charge is 0.372 e. The van der Waals surface area contributed by atoms with Crippen LogP contribution in [-0.2, 0) is 16.1 Å². The highest BCUT2D eigenvalue weighted by Crippen LogP contribution is 2.27. The van der Waals surface area contributed by atoms with Crippen molar-refractivity contribution in [3.8, 4) is 11.4 Å². The molecule has 32 heavy (non-hydrogen) atoms. The Labute approximate surface area is 187 Å². The Morgan fingerprint density at radius 1 is 1.16 bits per heavy atom. The Morgan fingerprint density at radius 3 is 2.47 bits per heavy atom. The van der Waals surface area contributed by atoms with Crippen LogP contribution in [0.4, 0.5) is 5.82 Å². The van der Waals surface area contributed by atoms with Gasteiger partial charge in [-0.25, -0.2) is 24.9 Å². The van der Waals surface area contributed by atoms with E-state index in [0.717, 1.165) is 11.4 Å². The summed E-state index contributed by atoms with van der Waals surface area (Å²) in [5.41, 5.74) is 2.14. The van der Waals surface area contributed by atoms with Crippen molar-refractivity contribution in [2.45, 2.75) is 65.8 Å². The van der Waals surface area contributed by atoms with Crippen LogP contribution >= 0.6 is 0 Å². The molecule has 3 aromatic heterocycles. The lowest BCUT2D eigenvalue weighted by Crippen LogP contribution is -2.52. The number of amides is 1.